The van der Waals surface area contributed by atoms with Crippen molar-refractivity contribution in [3.05, 3.63) is 107 Å². The zero-order valence-corrected chi connectivity index (χ0v) is 41.4. The van der Waals surface area contributed by atoms with Gasteiger partial charge in [0.25, 0.3) is 0 Å². The Bertz CT molecular complexity index is 2010. The Morgan fingerprint density at radius 3 is 1.50 bits per heavy atom. The number of benzene rings is 3. The van der Waals surface area contributed by atoms with Gasteiger partial charge < -0.3 is 33.1 Å². The number of anilines is 1. The molecule has 0 fully saturated rings. The second-order valence-corrected chi connectivity index (χ2v) is 27.5. The van der Waals surface area contributed by atoms with Crippen LogP contribution in [0.3, 0.4) is 0 Å². The molecule has 2 atom stereocenters. The van der Waals surface area contributed by atoms with Crippen LogP contribution < -0.4 is 18.9 Å². The topological polar surface area (TPSA) is 119 Å². The molecule has 0 aliphatic rings. The Hall–Kier alpha value is -4.82. The third-order valence-corrected chi connectivity index (χ3v) is 19.8. The number of hydrogen-bond donors (Lipinski definition) is 1. The zero-order chi connectivity index (χ0) is 46.0. The number of hydrogen-bond acceptors (Lipinski definition) is 10. The molecule has 0 aliphatic carbocycles. The number of esters is 3. The highest BCUT2D eigenvalue weighted by Crippen LogP contribution is 2.41. The van der Waals surface area contributed by atoms with Gasteiger partial charge in [0.05, 0.1) is 37.5 Å². The molecule has 1 N–H and O–H groups in total. The third-order valence-electron chi connectivity index (χ3n) is 11.1. The summed E-state index contributed by atoms with van der Waals surface area (Å²) < 4.78 is 34.2. The maximum Gasteiger partial charge on any atom is 0.337 e. The SMILES string of the molecule is C=C(C(=O)OCC)C(OC(C)=O)c1ccc(C)c(O[Si](C)(C)C(C)(C)C)c1.C=C(C(=O)OCC)[C@@H](Nc1ccc(C)c(OC)c1)c1ccc(C)c(O[Si](C)(C)C(C)(C)C)c1. The number of nitrogens with one attached hydrogen (secondary N) is 1. The van der Waals surface area contributed by atoms with Crippen molar-refractivity contribution in [3.63, 3.8) is 0 Å². The molecule has 12 heteroatoms. The van der Waals surface area contributed by atoms with Crippen molar-refractivity contribution in [2.45, 2.75) is 131 Å². The van der Waals surface area contributed by atoms with Crippen molar-refractivity contribution < 1.29 is 42.2 Å². The maximum absolute atomic E-state index is 12.6. The first kappa shape index (κ1) is 51.3. The smallest absolute Gasteiger partial charge is 0.337 e. The third kappa shape index (κ3) is 13.9. The number of methoxy groups -OCH3 is 1. The summed E-state index contributed by atoms with van der Waals surface area (Å²) in [5.74, 6) is 0.818. The predicted octanol–water partition coefficient (Wildman–Crippen LogP) is 12.1. The normalized spacial score (nSPS) is 12.8. The van der Waals surface area contributed by atoms with Crippen LogP contribution in [0.1, 0.15) is 102 Å². The van der Waals surface area contributed by atoms with E-state index in [1.807, 2.05) is 75.4 Å². The van der Waals surface area contributed by atoms with E-state index in [0.29, 0.717) is 11.1 Å². The average Bonchev–Trinajstić information content (AvgIpc) is 3.14. The van der Waals surface area contributed by atoms with Crippen molar-refractivity contribution in [2.24, 2.45) is 0 Å². The minimum atomic E-state index is -2.05. The molecular formula is C48H71NO9Si2. The highest BCUT2D eigenvalue weighted by atomic mass is 28.4. The number of ether oxygens (including phenoxy) is 4. The van der Waals surface area contributed by atoms with Gasteiger partial charge in [0.2, 0.25) is 16.6 Å². The van der Waals surface area contributed by atoms with Gasteiger partial charge in [0, 0.05) is 24.2 Å². The quantitative estimate of drug-likeness (QED) is 0.0645. The van der Waals surface area contributed by atoms with Gasteiger partial charge in [-0.1, -0.05) is 85.0 Å². The summed E-state index contributed by atoms with van der Waals surface area (Å²) in [5, 5.41) is 3.56. The van der Waals surface area contributed by atoms with Gasteiger partial charge in [-0.05, 0) is 111 Å². The van der Waals surface area contributed by atoms with Crippen molar-refractivity contribution in [3.8, 4) is 17.2 Å². The van der Waals surface area contributed by atoms with Crippen LogP contribution in [0.5, 0.6) is 17.2 Å². The van der Waals surface area contributed by atoms with Crippen molar-refractivity contribution in [2.75, 3.05) is 25.6 Å². The van der Waals surface area contributed by atoms with Gasteiger partial charge >= 0.3 is 17.9 Å². The molecule has 0 radical (unpaired) electrons. The summed E-state index contributed by atoms with van der Waals surface area (Å²) in [4.78, 5) is 36.3. The molecule has 60 heavy (non-hydrogen) atoms. The standard InChI is InChI=1S/C27H39NO4Si.C21H32O5Si/c1-11-31-26(29)20(4)25(28-22-15-13-18(2)23(17-22)30-8)21-14-12-19(3)24(16-21)32-33(9,10)27(5,6)7;1-10-24-20(23)15(3)19(25-16(4)22)17-12-11-14(2)18(13-17)26-27(8,9)21(5,6)7/h12-17,25,28H,4,11H2,1-3,5-10H3;11-13,19H,3,10H2,1-2,4-9H3/t25-;/m1./s1. The Morgan fingerprint density at radius 1 is 0.650 bits per heavy atom. The van der Waals surface area contributed by atoms with Gasteiger partial charge in [-0.2, -0.15) is 0 Å². The largest absolute Gasteiger partial charge is 0.543 e. The van der Waals surface area contributed by atoms with Crippen LogP contribution in [0.4, 0.5) is 5.69 Å². The Kier molecular flexibility index (Phi) is 18.1. The van der Waals surface area contributed by atoms with Crippen LogP contribution in [0.2, 0.25) is 36.3 Å². The van der Waals surface area contributed by atoms with E-state index < -0.39 is 46.7 Å². The molecule has 0 heterocycles. The van der Waals surface area contributed by atoms with Crippen LogP contribution in [-0.4, -0.2) is 54.9 Å². The summed E-state index contributed by atoms with van der Waals surface area (Å²) in [6.07, 6.45) is -0.913. The van der Waals surface area contributed by atoms with Crippen LogP contribution in [0, 0.1) is 20.8 Å². The van der Waals surface area contributed by atoms with Crippen molar-refractivity contribution >= 4 is 40.2 Å². The highest BCUT2D eigenvalue weighted by Gasteiger charge is 2.40. The lowest BCUT2D eigenvalue weighted by Crippen LogP contribution is -2.44. The van der Waals surface area contributed by atoms with Gasteiger partial charge in [-0.15, -0.1) is 0 Å². The van der Waals surface area contributed by atoms with E-state index in [0.717, 1.165) is 45.2 Å². The number of rotatable bonds is 16. The van der Waals surface area contributed by atoms with Crippen LogP contribution >= 0.6 is 0 Å². The van der Waals surface area contributed by atoms with Gasteiger partial charge in [-0.25, -0.2) is 9.59 Å². The first-order valence-corrected chi connectivity index (χ1v) is 26.3. The minimum Gasteiger partial charge on any atom is -0.543 e. The Labute approximate surface area is 362 Å². The fourth-order valence-corrected chi connectivity index (χ4v) is 7.43. The zero-order valence-electron chi connectivity index (χ0n) is 39.4. The number of aryl methyl sites for hydroxylation is 3. The van der Waals surface area contributed by atoms with Gasteiger partial charge in [0.15, 0.2) is 6.10 Å². The Morgan fingerprint density at radius 2 is 1.07 bits per heavy atom. The molecule has 0 saturated carbocycles. The predicted molar refractivity (Wildman–Crippen MR) is 248 cm³/mol. The maximum atomic E-state index is 12.6. The van der Waals surface area contributed by atoms with E-state index in [2.05, 4.69) is 86.2 Å². The summed E-state index contributed by atoms with van der Waals surface area (Å²) in [5.41, 5.74) is 5.81. The molecule has 0 aromatic heterocycles. The monoisotopic (exact) mass is 861 g/mol. The van der Waals surface area contributed by atoms with Crippen LogP contribution in [-0.2, 0) is 28.6 Å². The molecule has 0 aliphatic heterocycles. The molecular weight excluding hydrogens is 791 g/mol. The number of carbonyl (C=O) groups excluding carboxylic acids is 3. The molecule has 330 valence electrons. The molecule has 3 aromatic carbocycles. The summed E-state index contributed by atoms with van der Waals surface area (Å²) in [6, 6.07) is 17.0. The van der Waals surface area contributed by atoms with E-state index >= 15 is 0 Å². The minimum absolute atomic E-state index is 0.0409. The van der Waals surface area contributed by atoms with E-state index in [-0.39, 0.29) is 28.9 Å². The summed E-state index contributed by atoms with van der Waals surface area (Å²) >= 11 is 0. The summed E-state index contributed by atoms with van der Waals surface area (Å²) in [7, 11) is -2.45. The fourth-order valence-electron chi connectivity index (χ4n) is 5.28. The molecule has 0 amide bonds. The average molecular weight is 862 g/mol. The second-order valence-electron chi connectivity index (χ2n) is 18.0. The lowest BCUT2D eigenvalue weighted by Gasteiger charge is -2.37. The molecule has 1 unspecified atom stereocenters. The molecule has 0 saturated heterocycles. The van der Waals surface area contributed by atoms with E-state index in [9.17, 15) is 14.4 Å². The van der Waals surface area contributed by atoms with Gasteiger partial charge in [-0.3, -0.25) is 4.79 Å². The lowest BCUT2D eigenvalue weighted by molar-refractivity contribution is -0.148. The molecule has 0 bridgehead atoms. The molecule has 3 aromatic rings. The van der Waals surface area contributed by atoms with Crippen LogP contribution in [0.15, 0.2) is 78.9 Å². The second kappa shape index (κ2) is 21.1. The molecule has 10 nitrogen and oxygen atoms in total. The van der Waals surface area contributed by atoms with Crippen LogP contribution in [0.25, 0.3) is 0 Å². The van der Waals surface area contributed by atoms with Crippen molar-refractivity contribution in [1.82, 2.24) is 0 Å². The lowest BCUT2D eigenvalue weighted by atomic mass is 9.97. The molecule has 0 spiro atoms. The van der Waals surface area contributed by atoms with E-state index in [4.69, 9.17) is 27.8 Å². The van der Waals surface area contributed by atoms with Crippen molar-refractivity contribution in [1.29, 1.82) is 0 Å². The highest BCUT2D eigenvalue weighted by molar-refractivity contribution is 6.75. The fraction of sp³-hybridized carbons (Fsp3) is 0.479. The first-order valence-electron chi connectivity index (χ1n) is 20.5. The van der Waals surface area contributed by atoms with Gasteiger partial charge in [0.1, 0.15) is 17.2 Å². The summed E-state index contributed by atoms with van der Waals surface area (Å²) in [6.45, 7) is 41.1. The van der Waals surface area contributed by atoms with E-state index in [1.165, 1.54) is 6.92 Å². The van der Waals surface area contributed by atoms with E-state index in [1.54, 1.807) is 21.0 Å². The number of carbonyl (C=O) groups is 3. The molecule has 3 rings (SSSR count). The first-order chi connectivity index (χ1) is 27.6. The Balaban J connectivity index is 0.000000422.